The van der Waals surface area contributed by atoms with Crippen molar-refractivity contribution in [1.82, 2.24) is 0 Å². The van der Waals surface area contributed by atoms with Crippen molar-refractivity contribution in [3.63, 3.8) is 0 Å². The molecule has 0 spiro atoms. The SMILES string of the molecule is CCC(C)(C)Oc1ccc(Oc2ccc(Oc3ccc(S(=O)(=O)c4ccc(C(C)(CC)C(C)(CC)Sc5ccc(-c6ccc(Sc7ccc(S(=O)(=O)c8ccc(C(C)(C)CC)c(S(=O)(=O)O)c8)cc7S(=O)(=O)O)cc6)cc5)c(S(=O)(=O)O)c4)cc3S(=O)(=O)O)cc2)cc1. The van der Waals surface area contributed by atoms with Gasteiger partial charge in [0.1, 0.15) is 44.1 Å². The lowest BCUT2D eigenvalue weighted by Gasteiger charge is -2.46. The number of benzene rings is 8. The summed E-state index contributed by atoms with van der Waals surface area (Å²) in [7, 11) is -29.6. The molecule has 19 nitrogen and oxygen atoms in total. The molecule has 0 bridgehead atoms. The molecule has 2 atom stereocenters. The summed E-state index contributed by atoms with van der Waals surface area (Å²) in [6.07, 6.45) is 1.97. The third kappa shape index (κ3) is 16.0. The van der Waals surface area contributed by atoms with E-state index in [9.17, 15) is 68.7 Å². The van der Waals surface area contributed by atoms with Gasteiger partial charge in [-0.2, -0.15) is 33.7 Å². The van der Waals surface area contributed by atoms with Crippen LogP contribution in [-0.4, -0.2) is 79.1 Å². The second-order valence-corrected chi connectivity index (χ2v) is 35.7. The molecular weight excluding hydrogens is 1350 g/mol. The van der Waals surface area contributed by atoms with Gasteiger partial charge in [-0.3, -0.25) is 18.2 Å². The van der Waals surface area contributed by atoms with E-state index in [4.69, 9.17) is 14.2 Å². The molecule has 0 amide bonds. The Balaban J connectivity index is 0.992. The molecule has 496 valence electrons. The maximum Gasteiger partial charge on any atom is 0.298 e. The zero-order chi connectivity index (χ0) is 68.7. The van der Waals surface area contributed by atoms with Crippen molar-refractivity contribution in [2.24, 2.45) is 0 Å². The van der Waals surface area contributed by atoms with Gasteiger partial charge in [0.25, 0.3) is 40.5 Å². The van der Waals surface area contributed by atoms with E-state index >= 15 is 0 Å². The monoisotopic (exact) mass is 1420 g/mol. The molecule has 27 heteroatoms. The molecule has 4 N–H and O–H groups in total. The van der Waals surface area contributed by atoms with Gasteiger partial charge in [-0.15, -0.1) is 11.8 Å². The highest BCUT2D eigenvalue weighted by molar-refractivity contribution is 8.01. The smallest absolute Gasteiger partial charge is 0.298 e. The van der Waals surface area contributed by atoms with Crippen LogP contribution in [0.5, 0.6) is 28.7 Å². The van der Waals surface area contributed by atoms with Crippen LogP contribution in [0.3, 0.4) is 0 Å². The van der Waals surface area contributed by atoms with E-state index in [1.165, 1.54) is 54.2 Å². The minimum absolute atomic E-state index is 0.0235. The second kappa shape index (κ2) is 26.9. The quantitative estimate of drug-likeness (QED) is 0.0289. The number of ether oxygens (including phenoxy) is 3. The lowest BCUT2D eigenvalue weighted by Crippen LogP contribution is -2.45. The molecule has 0 aliphatic carbocycles. The minimum atomic E-state index is -5.16. The topological polar surface area (TPSA) is 313 Å². The first kappa shape index (κ1) is 72.2. The Hall–Kier alpha value is -6.60. The molecule has 93 heavy (non-hydrogen) atoms. The van der Waals surface area contributed by atoms with Gasteiger partial charge >= 0.3 is 0 Å². The molecule has 0 radical (unpaired) electrons. The van der Waals surface area contributed by atoms with E-state index in [2.05, 4.69) is 0 Å². The summed E-state index contributed by atoms with van der Waals surface area (Å²) < 4.78 is 218. The number of hydrogen-bond acceptors (Lipinski definition) is 17. The highest BCUT2D eigenvalue weighted by Gasteiger charge is 2.47. The predicted octanol–water partition coefficient (Wildman–Crippen LogP) is 15.6. The van der Waals surface area contributed by atoms with Crippen LogP contribution in [0.2, 0.25) is 0 Å². The summed E-state index contributed by atoms with van der Waals surface area (Å²) in [4.78, 5) is -4.05. The third-order valence-electron chi connectivity index (χ3n) is 16.8. The Morgan fingerprint density at radius 2 is 0.763 bits per heavy atom. The first-order valence-electron chi connectivity index (χ1n) is 28.9. The average Bonchev–Trinajstić information content (AvgIpc) is 0.743. The molecule has 0 heterocycles. The lowest BCUT2D eigenvalue weighted by atomic mass is 9.69. The minimum Gasteiger partial charge on any atom is -0.488 e. The average molecular weight is 1420 g/mol. The highest BCUT2D eigenvalue weighted by atomic mass is 32.2. The van der Waals surface area contributed by atoms with E-state index in [0.717, 1.165) is 70.6 Å². The fraction of sp³-hybridized carbons (Fsp3) is 0.273. The first-order valence-corrected chi connectivity index (χ1v) is 39.2. The number of thioether (sulfide) groups is 1. The second-order valence-electron chi connectivity index (χ2n) is 23.6. The van der Waals surface area contributed by atoms with Gasteiger partial charge in [0.05, 0.1) is 29.4 Å². The molecule has 8 rings (SSSR count). The molecule has 0 aliphatic rings. The van der Waals surface area contributed by atoms with Gasteiger partial charge in [0, 0.05) is 24.8 Å². The van der Waals surface area contributed by atoms with Crippen molar-refractivity contribution >= 4 is 83.7 Å². The van der Waals surface area contributed by atoms with Crippen LogP contribution in [0.15, 0.2) is 224 Å². The molecular formula is C66H70O19S8. The van der Waals surface area contributed by atoms with Crippen molar-refractivity contribution in [3.8, 4) is 39.9 Å². The van der Waals surface area contributed by atoms with Gasteiger partial charge < -0.3 is 14.2 Å². The first-order chi connectivity index (χ1) is 43.1. The number of hydrogen-bond donors (Lipinski definition) is 4. The van der Waals surface area contributed by atoms with Crippen molar-refractivity contribution < 1.29 is 82.9 Å². The molecule has 0 aromatic heterocycles. The molecule has 8 aromatic rings. The van der Waals surface area contributed by atoms with E-state index in [0.29, 0.717) is 47.5 Å². The Kier molecular flexibility index (Phi) is 20.9. The van der Waals surface area contributed by atoms with Gasteiger partial charge in [-0.25, -0.2) is 16.8 Å². The van der Waals surface area contributed by atoms with Crippen LogP contribution in [0, 0.1) is 0 Å². The molecule has 0 aliphatic heterocycles. The predicted molar refractivity (Wildman–Crippen MR) is 355 cm³/mol. The van der Waals surface area contributed by atoms with Crippen LogP contribution < -0.4 is 14.2 Å². The van der Waals surface area contributed by atoms with Crippen LogP contribution in [-0.2, 0) is 71.0 Å². The Morgan fingerprint density at radius 1 is 0.376 bits per heavy atom. The van der Waals surface area contributed by atoms with Crippen molar-refractivity contribution in [2.45, 2.75) is 170 Å². The molecule has 0 fully saturated rings. The summed E-state index contributed by atoms with van der Waals surface area (Å²) in [6, 6.07) is 39.8. The Morgan fingerprint density at radius 3 is 1.19 bits per heavy atom. The fourth-order valence-electron chi connectivity index (χ4n) is 10.2. The normalized spacial score (nSPS) is 14.2. The maximum atomic E-state index is 14.4. The largest absolute Gasteiger partial charge is 0.488 e. The third-order valence-corrected chi connectivity index (χ3v) is 26.8. The molecule has 0 saturated heterocycles. The standard InChI is InChI=1S/C66H70O19S8/c1-11-63(5,6)55-35-31-51(39-59(55)90(71,72)73)89(69,70)54-34-38-58(62(42-54)93(80,81)82)86-49-27-15-43(16-28-49)44-17-29-50(30-18-44)87-66(10,14-4)65(9,13-3)56-36-32-52(40-60(56)91(74,75)76)88(67,68)53-33-37-57(61(41-53)92(77,78)79)84-47-21-19-45(20-22-47)83-46-23-25-48(26-24-46)85-64(7,8)12-2/h15-42H,11-14H2,1-10H3,(H,71,72,73)(H,74,75,76)(H,77,78,79)(H,80,81,82). The number of sulfone groups is 2. The highest BCUT2D eigenvalue weighted by Crippen LogP contribution is 2.53. The summed E-state index contributed by atoms with van der Waals surface area (Å²) in [5.41, 5.74) is -0.443. The van der Waals surface area contributed by atoms with E-state index < -0.39 is 121 Å². The Bertz CT molecular complexity index is 4850. The van der Waals surface area contributed by atoms with Gasteiger partial charge in [0.15, 0.2) is 0 Å². The van der Waals surface area contributed by atoms with Crippen LogP contribution >= 0.6 is 23.5 Å². The summed E-state index contributed by atoms with van der Waals surface area (Å²) in [5.74, 6) is 1.24. The van der Waals surface area contributed by atoms with Crippen LogP contribution in [0.4, 0.5) is 0 Å². The fourth-order valence-corrected chi connectivity index (χ4v) is 18.8. The summed E-state index contributed by atoms with van der Waals surface area (Å²) in [5, 5.41) is 0. The zero-order valence-corrected chi connectivity index (χ0v) is 58.7. The summed E-state index contributed by atoms with van der Waals surface area (Å²) >= 11 is 2.35. The number of rotatable bonds is 26. The van der Waals surface area contributed by atoms with Crippen LogP contribution in [0.25, 0.3) is 11.1 Å². The van der Waals surface area contributed by atoms with E-state index in [1.807, 2.05) is 72.7 Å². The molecule has 0 saturated carbocycles. The van der Waals surface area contributed by atoms with Gasteiger partial charge in [0.2, 0.25) is 19.7 Å². The maximum absolute atomic E-state index is 14.4. The summed E-state index contributed by atoms with van der Waals surface area (Å²) in [6.45, 7) is 18.7. The van der Waals surface area contributed by atoms with E-state index in [1.54, 1.807) is 81.4 Å². The Labute approximate surface area is 553 Å². The zero-order valence-electron chi connectivity index (χ0n) is 52.2. The van der Waals surface area contributed by atoms with Crippen molar-refractivity contribution in [1.29, 1.82) is 0 Å². The lowest BCUT2D eigenvalue weighted by molar-refractivity contribution is 0.105. The van der Waals surface area contributed by atoms with Crippen molar-refractivity contribution in [3.05, 3.63) is 181 Å². The molecule has 2 unspecified atom stereocenters. The molecule has 8 aromatic carbocycles. The van der Waals surface area contributed by atoms with Gasteiger partial charge in [-0.1, -0.05) is 96.6 Å². The van der Waals surface area contributed by atoms with Crippen LogP contribution in [0.1, 0.15) is 106 Å². The van der Waals surface area contributed by atoms with Gasteiger partial charge in [-0.05, 0) is 208 Å². The van der Waals surface area contributed by atoms with E-state index in [-0.39, 0.29) is 27.4 Å². The van der Waals surface area contributed by atoms with Crippen molar-refractivity contribution in [2.75, 3.05) is 0 Å².